The van der Waals surface area contributed by atoms with Gasteiger partial charge in [0.25, 0.3) is 5.56 Å². The van der Waals surface area contributed by atoms with Crippen LogP contribution < -0.4 is 11.2 Å². The van der Waals surface area contributed by atoms with Crippen LogP contribution in [0.25, 0.3) is 22.7 Å². The zero-order valence-electron chi connectivity index (χ0n) is 12.6. The van der Waals surface area contributed by atoms with Crippen LogP contribution in [0.2, 0.25) is 0 Å². The van der Waals surface area contributed by atoms with Crippen LogP contribution in [0.4, 0.5) is 0 Å². The zero-order valence-corrected chi connectivity index (χ0v) is 13.4. The molecule has 0 bridgehead atoms. The molecular formula is C15H12N6O2S. The minimum atomic E-state index is -0.489. The van der Waals surface area contributed by atoms with Crippen molar-refractivity contribution in [2.24, 2.45) is 7.05 Å². The fourth-order valence-corrected chi connectivity index (χ4v) is 3.08. The number of hydrogen-bond acceptors (Lipinski definition) is 6. The smallest absolute Gasteiger partial charge is 0.320 e. The summed E-state index contributed by atoms with van der Waals surface area (Å²) >= 11 is 1.20. The molecule has 0 atom stereocenters. The van der Waals surface area contributed by atoms with Crippen LogP contribution in [0.5, 0.6) is 0 Å². The molecule has 3 aromatic heterocycles. The second-order valence-electron chi connectivity index (χ2n) is 5.29. The highest BCUT2D eigenvalue weighted by atomic mass is 32.1. The van der Waals surface area contributed by atoms with E-state index < -0.39 is 11.2 Å². The first-order chi connectivity index (χ1) is 11.6. The molecule has 24 heavy (non-hydrogen) atoms. The number of nitrogens with one attached hydrogen (secondary N) is 1. The molecule has 0 spiro atoms. The lowest BCUT2D eigenvalue weighted by Gasteiger charge is -2.06. The van der Waals surface area contributed by atoms with E-state index in [0.29, 0.717) is 29.2 Å². The van der Waals surface area contributed by atoms with Gasteiger partial charge in [-0.05, 0) is 17.1 Å². The summed E-state index contributed by atoms with van der Waals surface area (Å²) < 4.78 is 6.91. The SMILES string of the molecule is Cn1c(-c2csnn2)nc2c1c(=O)[nH]c(=O)n2Cc1ccccc1. The second kappa shape index (κ2) is 5.53. The number of aromatic nitrogens is 6. The Balaban J connectivity index is 1.99. The van der Waals surface area contributed by atoms with E-state index in [-0.39, 0.29) is 0 Å². The van der Waals surface area contributed by atoms with E-state index >= 15 is 0 Å². The largest absolute Gasteiger partial charge is 0.330 e. The third-order valence-electron chi connectivity index (χ3n) is 3.79. The maximum absolute atomic E-state index is 12.3. The molecule has 8 nitrogen and oxygen atoms in total. The molecule has 4 rings (SSSR count). The van der Waals surface area contributed by atoms with E-state index in [2.05, 4.69) is 19.6 Å². The average Bonchev–Trinajstić information content (AvgIpc) is 3.20. The van der Waals surface area contributed by atoms with Crippen LogP contribution >= 0.6 is 11.5 Å². The minimum Gasteiger partial charge on any atom is -0.320 e. The number of H-pyrrole nitrogens is 1. The van der Waals surface area contributed by atoms with Gasteiger partial charge >= 0.3 is 5.69 Å². The average molecular weight is 340 g/mol. The third-order valence-corrected chi connectivity index (χ3v) is 4.29. The van der Waals surface area contributed by atoms with Crippen LogP contribution in [-0.4, -0.2) is 28.7 Å². The Hall–Kier alpha value is -3.07. The summed E-state index contributed by atoms with van der Waals surface area (Å²) in [6.07, 6.45) is 0. The van der Waals surface area contributed by atoms with Crippen LogP contribution in [0, 0.1) is 0 Å². The maximum atomic E-state index is 12.3. The van der Waals surface area contributed by atoms with Gasteiger partial charge in [-0.25, -0.2) is 9.78 Å². The summed E-state index contributed by atoms with van der Waals surface area (Å²) in [5, 5.41) is 5.74. The molecule has 1 N–H and O–H groups in total. The molecule has 4 aromatic rings. The van der Waals surface area contributed by atoms with Crippen molar-refractivity contribution in [1.82, 2.24) is 28.7 Å². The molecule has 3 heterocycles. The van der Waals surface area contributed by atoms with Crippen molar-refractivity contribution in [2.45, 2.75) is 6.54 Å². The fourth-order valence-electron chi connectivity index (χ4n) is 2.65. The predicted molar refractivity (Wildman–Crippen MR) is 90.0 cm³/mol. The van der Waals surface area contributed by atoms with Crippen LogP contribution in [0.3, 0.4) is 0 Å². The standard InChI is InChI=1S/C15H12N6O2S/c1-20-11-13(16-12(20)10-8-24-19-18-10)21(15(23)17-14(11)22)7-9-5-3-2-4-6-9/h2-6,8H,7H2,1H3,(H,17,22,23). The van der Waals surface area contributed by atoms with Crippen molar-refractivity contribution in [3.8, 4) is 11.5 Å². The van der Waals surface area contributed by atoms with Gasteiger partial charge in [0.15, 0.2) is 17.0 Å². The molecule has 0 unspecified atom stereocenters. The number of benzene rings is 1. The number of fused-ring (bicyclic) bond motifs is 1. The minimum absolute atomic E-state index is 0.318. The Morgan fingerprint density at radius 3 is 2.71 bits per heavy atom. The van der Waals surface area contributed by atoms with Gasteiger partial charge in [-0.15, -0.1) is 5.10 Å². The number of aryl methyl sites for hydroxylation is 1. The summed E-state index contributed by atoms with van der Waals surface area (Å²) in [5.74, 6) is 0.497. The van der Waals surface area contributed by atoms with Crippen molar-refractivity contribution in [3.63, 3.8) is 0 Å². The highest BCUT2D eigenvalue weighted by Gasteiger charge is 2.18. The molecule has 0 saturated carbocycles. The lowest BCUT2D eigenvalue weighted by atomic mass is 10.2. The van der Waals surface area contributed by atoms with Gasteiger partial charge in [-0.3, -0.25) is 14.3 Å². The zero-order chi connectivity index (χ0) is 16.7. The highest BCUT2D eigenvalue weighted by Crippen LogP contribution is 2.20. The van der Waals surface area contributed by atoms with Crippen molar-refractivity contribution in [1.29, 1.82) is 0 Å². The van der Waals surface area contributed by atoms with Gasteiger partial charge in [-0.2, -0.15) is 0 Å². The van der Waals surface area contributed by atoms with Crippen molar-refractivity contribution < 1.29 is 0 Å². The van der Waals surface area contributed by atoms with E-state index in [1.807, 2.05) is 30.3 Å². The molecule has 120 valence electrons. The summed E-state index contributed by atoms with van der Waals surface area (Å²) in [6, 6.07) is 9.53. The van der Waals surface area contributed by atoms with E-state index in [4.69, 9.17) is 0 Å². The molecule has 9 heteroatoms. The predicted octanol–water partition coefficient (Wildman–Crippen LogP) is 0.990. The van der Waals surface area contributed by atoms with E-state index in [9.17, 15) is 9.59 Å². The van der Waals surface area contributed by atoms with Crippen LogP contribution in [0.15, 0.2) is 45.3 Å². The van der Waals surface area contributed by atoms with Gasteiger partial charge in [0.2, 0.25) is 0 Å². The van der Waals surface area contributed by atoms with Crippen molar-refractivity contribution in [2.75, 3.05) is 0 Å². The Labute approximate surface area is 139 Å². The maximum Gasteiger partial charge on any atom is 0.330 e. The second-order valence-corrected chi connectivity index (χ2v) is 5.90. The first-order valence-electron chi connectivity index (χ1n) is 7.16. The van der Waals surface area contributed by atoms with Gasteiger partial charge in [0.1, 0.15) is 5.69 Å². The van der Waals surface area contributed by atoms with Crippen molar-refractivity contribution >= 4 is 22.7 Å². The van der Waals surface area contributed by atoms with Crippen molar-refractivity contribution in [3.05, 3.63) is 62.1 Å². The molecule has 0 amide bonds. The molecular weight excluding hydrogens is 328 g/mol. The number of imidazole rings is 1. The Morgan fingerprint density at radius 1 is 1.21 bits per heavy atom. The number of rotatable bonds is 3. The third kappa shape index (κ3) is 2.26. The molecule has 0 saturated heterocycles. The van der Waals surface area contributed by atoms with E-state index in [1.54, 1.807) is 17.0 Å². The summed E-state index contributed by atoms with van der Waals surface area (Å²) in [7, 11) is 1.72. The van der Waals surface area contributed by atoms with Gasteiger partial charge in [0, 0.05) is 12.4 Å². The van der Waals surface area contributed by atoms with Crippen LogP contribution in [0.1, 0.15) is 5.56 Å². The van der Waals surface area contributed by atoms with Crippen LogP contribution in [-0.2, 0) is 13.6 Å². The highest BCUT2D eigenvalue weighted by molar-refractivity contribution is 7.03. The molecule has 0 aliphatic rings. The molecule has 0 aliphatic heterocycles. The Morgan fingerprint density at radius 2 is 2.00 bits per heavy atom. The lowest BCUT2D eigenvalue weighted by molar-refractivity contribution is 0.747. The summed E-state index contributed by atoms with van der Waals surface area (Å²) in [4.78, 5) is 31.4. The molecule has 0 radical (unpaired) electrons. The van der Waals surface area contributed by atoms with Gasteiger partial charge < -0.3 is 4.57 Å². The summed E-state index contributed by atoms with van der Waals surface area (Å²) in [6.45, 7) is 0.318. The number of nitrogens with zero attached hydrogens (tertiary/aromatic N) is 5. The number of hydrogen-bond donors (Lipinski definition) is 1. The molecule has 1 aromatic carbocycles. The topological polar surface area (TPSA) is 98.5 Å². The molecule has 0 aliphatic carbocycles. The molecule has 0 fully saturated rings. The Kier molecular flexibility index (Phi) is 3.35. The quantitative estimate of drug-likeness (QED) is 0.600. The Bertz CT molecular complexity index is 1120. The fraction of sp³-hybridized carbons (Fsp3) is 0.133. The first kappa shape index (κ1) is 14.5. The lowest BCUT2D eigenvalue weighted by Crippen LogP contribution is -2.31. The van der Waals surface area contributed by atoms with Gasteiger partial charge in [-0.1, -0.05) is 34.8 Å². The van der Waals surface area contributed by atoms with E-state index in [0.717, 1.165) is 5.56 Å². The first-order valence-corrected chi connectivity index (χ1v) is 7.99. The normalized spacial score (nSPS) is 11.2. The summed E-state index contributed by atoms with van der Waals surface area (Å²) in [5.41, 5.74) is 1.21. The van der Waals surface area contributed by atoms with Gasteiger partial charge in [0.05, 0.1) is 6.54 Å². The number of aromatic amines is 1. The monoisotopic (exact) mass is 340 g/mol. The van der Waals surface area contributed by atoms with E-state index in [1.165, 1.54) is 16.1 Å².